The summed E-state index contributed by atoms with van der Waals surface area (Å²) in [4.78, 5) is 23.2. The van der Waals surface area contributed by atoms with Crippen LogP contribution >= 0.6 is 11.8 Å². The van der Waals surface area contributed by atoms with Crippen molar-refractivity contribution in [2.45, 2.75) is 37.7 Å². The highest BCUT2D eigenvalue weighted by Gasteiger charge is 2.27. The van der Waals surface area contributed by atoms with Crippen molar-refractivity contribution in [3.63, 3.8) is 0 Å². The van der Waals surface area contributed by atoms with Gasteiger partial charge >= 0.3 is 6.03 Å². The lowest BCUT2D eigenvalue weighted by Crippen LogP contribution is -2.42. The van der Waals surface area contributed by atoms with E-state index in [0.717, 1.165) is 11.3 Å². The second-order valence-corrected chi connectivity index (χ2v) is 7.02. The molecule has 0 unspecified atom stereocenters. The molecule has 1 aromatic carbocycles. The number of hydrogen-bond donors (Lipinski definition) is 2. The minimum Gasteiger partial charge on any atom is -0.497 e. The van der Waals surface area contributed by atoms with Gasteiger partial charge in [0.25, 0.3) is 0 Å². The molecule has 1 atom stereocenters. The molecule has 0 aliphatic carbocycles. The van der Waals surface area contributed by atoms with Gasteiger partial charge in [-0.1, -0.05) is 25.6 Å². The third-order valence-corrected chi connectivity index (χ3v) is 5.25. The molecule has 0 spiro atoms. The zero-order chi connectivity index (χ0) is 19.3. The normalized spacial score (nSPS) is 12.0. The Kier molecular flexibility index (Phi) is 6.62. The van der Waals surface area contributed by atoms with Crippen LogP contribution in [0.15, 0.2) is 29.4 Å². The van der Waals surface area contributed by atoms with Gasteiger partial charge in [0, 0.05) is 12.1 Å². The molecular weight excluding hydrogens is 354 g/mol. The van der Waals surface area contributed by atoms with Crippen LogP contribution in [-0.2, 0) is 11.3 Å². The van der Waals surface area contributed by atoms with Crippen LogP contribution in [0.25, 0.3) is 11.4 Å². The molecule has 2 aromatic rings. The molecule has 0 radical (unpaired) electrons. The summed E-state index contributed by atoms with van der Waals surface area (Å²) >= 11 is 1.27. The third-order valence-electron chi connectivity index (χ3n) is 3.72. The number of aromatic nitrogens is 3. The molecule has 0 aliphatic rings. The van der Waals surface area contributed by atoms with Crippen molar-refractivity contribution in [2.24, 2.45) is 11.7 Å². The minimum atomic E-state index is -0.864. The summed E-state index contributed by atoms with van der Waals surface area (Å²) in [6, 6.07) is 6.66. The fourth-order valence-electron chi connectivity index (χ4n) is 2.41. The van der Waals surface area contributed by atoms with Gasteiger partial charge in [0.1, 0.15) is 5.75 Å². The van der Waals surface area contributed by atoms with Crippen molar-refractivity contribution in [2.75, 3.05) is 7.11 Å². The van der Waals surface area contributed by atoms with E-state index in [0.29, 0.717) is 17.5 Å². The average molecular weight is 377 g/mol. The van der Waals surface area contributed by atoms with Crippen molar-refractivity contribution in [1.82, 2.24) is 20.1 Å². The van der Waals surface area contributed by atoms with Crippen LogP contribution in [0.4, 0.5) is 4.79 Å². The van der Waals surface area contributed by atoms with Crippen LogP contribution in [0.5, 0.6) is 5.75 Å². The van der Waals surface area contributed by atoms with Gasteiger partial charge in [0.05, 0.1) is 12.4 Å². The first-order valence-electron chi connectivity index (χ1n) is 8.21. The number of thioether (sulfide) groups is 1. The van der Waals surface area contributed by atoms with Crippen LogP contribution in [0.2, 0.25) is 0 Å². The quantitative estimate of drug-likeness (QED) is 0.716. The number of benzene rings is 1. The zero-order valence-corrected chi connectivity index (χ0v) is 16.0. The van der Waals surface area contributed by atoms with Crippen molar-refractivity contribution in [1.29, 1.82) is 0 Å². The lowest BCUT2D eigenvalue weighted by atomic mass is 10.1. The molecule has 9 heteroatoms. The number of primary amides is 1. The van der Waals surface area contributed by atoms with Gasteiger partial charge in [0.2, 0.25) is 5.91 Å². The van der Waals surface area contributed by atoms with E-state index in [2.05, 4.69) is 15.5 Å². The predicted octanol–water partition coefficient (Wildman–Crippen LogP) is 2.29. The number of hydrogen-bond acceptors (Lipinski definition) is 6. The molecular formula is C17H23N5O3S. The number of urea groups is 1. The molecule has 26 heavy (non-hydrogen) atoms. The lowest BCUT2D eigenvalue weighted by Gasteiger charge is -2.18. The molecule has 140 valence electrons. The minimum absolute atomic E-state index is 0.0224. The average Bonchev–Trinajstić information content (AvgIpc) is 3.01. The third kappa shape index (κ3) is 4.54. The molecule has 0 saturated heterocycles. The Morgan fingerprint density at radius 1 is 1.27 bits per heavy atom. The number of carbonyl (C=O) groups excluding carboxylic acids is 2. The molecule has 1 aromatic heterocycles. The fourth-order valence-corrected chi connectivity index (χ4v) is 3.51. The second kappa shape index (κ2) is 8.70. The van der Waals surface area contributed by atoms with Crippen LogP contribution in [0.1, 0.15) is 20.8 Å². The van der Waals surface area contributed by atoms with E-state index in [1.165, 1.54) is 11.8 Å². The molecule has 0 saturated carbocycles. The van der Waals surface area contributed by atoms with Crippen molar-refractivity contribution >= 4 is 23.7 Å². The summed E-state index contributed by atoms with van der Waals surface area (Å²) in [7, 11) is 1.61. The smallest absolute Gasteiger partial charge is 0.318 e. The van der Waals surface area contributed by atoms with E-state index in [1.54, 1.807) is 7.11 Å². The van der Waals surface area contributed by atoms with E-state index in [9.17, 15) is 9.59 Å². The Morgan fingerprint density at radius 3 is 2.42 bits per heavy atom. The summed E-state index contributed by atoms with van der Waals surface area (Å²) in [5.41, 5.74) is 5.96. The van der Waals surface area contributed by atoms with Crippen molar-refractivity contribution in [3.05, 3.63) is 24.3 Å². The summed E-state index contributed by atoms with van der Waals surface area (Å²) in [5.74, 6) is 1.00. The molecule has 3 N–H and O–H groups in total. The summed E-state index contributed by atoms with van der Waals surface area (Å²) in [5, 5.41) is 10.7. The first-order chi connectivity index (χ1) is 12.4. The monoisotopic (exact) mass is 377 g/mol. The SMILES string of the molecule is CCn1c(S[C@@H](C(=O)NC(N)=O)C(C)C)nnc1-c1ccc(OC)cc1. The van der Waals surface area contributed by atoms with Crippen molar-refractivity contribution < 1.29 is 14.3 Å². The zero-order valence-electron chi connectivity index (χ0n) is 15.2. The van der Waals surface area contributed by atoms with Crippen LogP contribution in [-0.4, -0.2) is 39.1 Å². The molecule has 0 bridgehead atoms. The largest absolute Gasteiger partial charge is 0.497 e. The molecule has 0 fully saturated rings. The topological polar surface area (TPSA) is 112 Å². The maximum Gasteiger partial charge on any atom is 0.318 e. The highest BCUT2D eigenvalue weighted by atomic mass is 32.2. The molecule has 1 heterocycles. The Labute approximate surface area is 156 Å². The van der Waals surface area contributed by atoms with Crippen LogP contribution in [0.3, 0.4) is 0 Å². The summed E-state index contributed by atoms with van der Waals surface area (Å²) < 4.78 is 7.10. The number of nitrogens with zero attached hydrogens (tertiary/aromatic N) is 3. The van der Waals surface area contributed by atoms with Gasteiger partial charge in [-0.15, -0.1) is 10.2 Å². The van der Waals surface area contributed by atoms with Gasteiger partial charge in [-0.2, -0.15) is 0 Å². The maximum atomic E-state index is 12.2. The highest BCUT2D eigenvalue weighted by molar-refractivity contribution is 8.00. The Balaban J connectivity index is 2.30. The molecule has 0 aliphatic heterocycles. The number of rotatable bonds is 7. The first kappa shape index (κ1) is 19.8. The number of imide groups is 1. The van der Waals surface area contributed by atoms with Gasteiger partial charge in [-0.05, 0) is 37.1 Å². The first-order valence-corrected chi connectivity index (χ1v) is 9.09. The number of nitrogens with two attached hydrogens (primary N) is 1. The standard InChI is InChI=1S/C17H23N5O3S/c1-5-22-14(11-6-8-12(25-4)9-7-11)20-21-17(22)26-13(10(2)3)15(23)19-16(18)24/h6-10,13H,5H2,1-4H3,(H3,18,19,23,24)/t13-/m1/s1. The van der Waals surface area contributed by atoms with E-state index in [4.69, 9.17) is 10.5 Å². The van der Waals surface area contributed by atoms with Gasteiger partial charge in [0.15, 0.2) is 11.0 Å². The molecule has 2 rings (SSSR count). The Hall–Kier alpha value is -2.55. The number of carbonyl (C=O) groups is 2. The fraction of sp³-hybridized carbons (Fsp3) is 0.412. The van der Waals surface area contributed by atoms with Crippen LogP contribution < -0.4 is 15.8 Å². The molecule has 8 nitrogen and oxygen atoms in total. The number of nitrogens with one attached hydrogen (secondary N) is 1. The highest BCUT2D eigenvalue weighted by Crippen LogP contribution is 2.30. The maximum absolute atomic E-state index is 12.2. The van der Waals surface area contributed by atoms with E-state index < -0.39 is 17.2 Å². The predicted molar refractivity (Wildman–Crippen MR) is 99.9 cm³/mol. The Bertz CT molecular complexity index is 773. The van der Waals surface area contributed by atoms with Gasteiger partial charge in [-0.3, -0.25) is 10.1 Å². The van der Waals surface area contributed by atoms with E-state index >= 15 is 0 Å². The van der Waals surface area contributed by atoms with Crippen LogP contribution in [0, 0.1) is 5.92 Å². The van der Waals surface area contributed by atoms with Gasteiger partial charge in [-0.25, -0.2) is 4.79 Å². The number of methoxy groups -OCH3 is 1. The molecule has 3 amide bonds. The van der Waals surface area contributed by atoms with E-state index in [1.807, 2.05) is 49.6 Å². The summed E-state index contributed by atoms with van der Waals surface area (Å²) in [6.45, 7) is 6.41. The summed E-state index contributed by atoms with van der Waals surface area (Å²) in [6.07, 6.45) is 0. The number of amides is 3. The van der Waals surface area contributed by atoms with Gasteiger partial charge < -0.3 is 15.0 Å². The second-order valence-electron chi connectivity index (χ2n) is 5.91. The van der Waals surface area contributed by atoms with Crippen molar-refractivity contribution in [3.8, 4) is 17.1 Å². The Morgan fingerprint density at radius 2 is 1.92 bits per heavy atom. The van der Waals surface area contributed by atoms with E-state index in [-0.39, 0.29) is 5.92 Å². The number of ether oxygens (including phenoxy) is 1. The lowest BCUT2D eigenvalue weighted by molar-refractivity contribution is -0.120.